The summed E-state index contributed by atoms with van der Waals surface area (Å²) < 4.78 is 0. The molecule has 0 spiro atoms. The molecule has 2 fully saturated rings. The van der Waals surface area contributed by atoms with Gasteiger partial charge in [0.2, 0.25) is 0 Å². The van der Waals surface area contributed by atoms with E-state index in [2.05, 4.69) is 10.6 Å². The lowest BCUT2D eigenvalue weighted by Gasteiger charge is -2.30. The number of urea groups is 1. The summed E-state index contributed by atoms with van der Waals surface area (Å²) in [6.45, 7) is 5.71. The van der Waals surface area contributed by atoms with Gasteiger partial charge in [0.05, 0.1) is 5.92 Å². The maximum absolute atomic E-state index is 11.8. The van der Waals surface area contributed by atoms with Crippen LogP contribution in [0.2, 0.25) is 0 Å². The predicted octanol–water partition coefficient (Wildman–Crippen LogP) is 1.58. The third-order valence-corrected chi connectivity index (χ3v) is 3.99. The standard InChI is InChI=1S/C13H22N2O3/c1-13(2,3)15-12(18)14-10-8-5-4-7(6-8)9(10)11(16)17/h7-10H,4-6H2,1-3H3,(H,16,17)(H2,14,15,18). The average Bonchev–Trinajstić information content (AvgIpc) is 2.73. The second kappa shape index (κ2) is 4.44. The molecule has 102 valence electrons. The largest absolute Gasteiger partial charge is 0.481 e. The highest BCUT2D eigenvalue weighted by molar-refractivity contribution is 5.78. The Morgan fingerprint density at radius 3 is 2.33 bits per heavy atom. The molecule has 0 aromatic carbocycles. The topological polar surface area (TPSA) is 78.4 Å². The molecule has 0 aromatic rings. The first kappa shape index (κ1) is 13.2. The molecular weight excluding hydrogens is 232 g/mol. The molecule has 0 saturated heterocycles. The van der Waals surface area contributed by atoms with Gasteiger partial charge in [0, 0.05) is 11.6 Å². The number of carboxylic acid groups (broad SMARTS) is 1. The molecule has 2 aliphatic rings. The van der Waals surface area contributed by atoms with Gasteiger partial charge in [-0.05, 0) is 51.9 Å². The van der Waals surface area contributed by atoms with Crippen LogP contribution < -0.4 is 10.6 Å². The fourth-order valence-corrected chi connectivity index (χ4v) is 3.38. The summed E-state index contributed by atoms with van der Waals surface area (Å²) in [6, 6.07) is -0.463. The molecule has 5 heteroatoms. The van der Waals surface area contributed by atoms with E-state index in [1.54, 1.807) is 0 Å². The maximum Gasteiger partial charge on any atom is 0.315 e. The number of hydrogen-bond donors (Lipinski definition) is 3. The van der Waals surface area contributed by atoms with Crippen LogP contribution in [0.15, 0.2) is 0 Å². The lowest BCUT2D eigenvalue weighted by Crippen LogP contribution is -2.54. The molecular formula is C13H22N2O3. The minimum atomic E-state index is -0.775. The van der Waals surface area contributed by atoms with Gasteiger partial charge in [-0.2, -0.15) is 0 Å². The highest BCUT2D eigenvalue weighted by atomic mass is 16.4. The number of nitrogens with one attached hydrogen (secondary N) is 2. The highest BCUT2D eigenvalue weighted by Gasteiger charge is 2.51. The summed E-state index contributed by atoms with van der Waals surface area (Å²) >= 11 is 0. The fourth-order valence-electron chi connectivity index (χ4n) is 3.38. The van der Waals surface area contributed by atoms with E-state index in [1.807, 2.05) is 20.8 Å². The minimum absolute atomic E-state index is 0.205. The smallest absolute Gasteiger partial charge is 0.315 e. The third-order valence-electron chi connectivity index (χ3n) is 3.99. The SMILES string of the molecule is CC(C)(C)NC(=O)NC1C2CCC(C2)C1C(=O)O. The first-order valence-electron chi connectivity index (χ1n) is 6.59. The Bertz CT molecular complexity index is 362. The van der Waals surface area contributed by atoms with Gasteiger partial charge < -0.3 is 15.7 Å². The minimum Gasteiger partial charge on any atom is -0.481 e. The maximum atomic E-state index is 11.8. The first-order valence-corrected chi connectivity index (χ1v) is 6.59. The van der Waals surface area contributed by atoms with Gasteiger partial charge in [-0.15, -0.1) is 0 Å². The number of aliphatic carboxylic acids is 1. The Morgan fingerprint density at radius 2 is 1.78 bits per heavy atom. The van der Waals surface area contributed by atoms with Crippen molar-refractivity contribution in [3.8, 4) is 0 Å². The summed E-state index contributed by atoms with van der Waals surface area (Å²) in [6.07, 6.45) is 2.97. The zero-order chi connectivity index (χ0) is 13.5. The zero-order valence-corrected chi connectivity index (χ0v) is 11.2. The summed E-state index contributed by atoms with van der Waals surface area (Å²) in [7, 11) is 0. The zero-order valence-electron chi connectivity index (χ0n) is 11.2. The van der Waals surface area contributed by atoms with Crippen molar-refractivity contribution in [3.63, 3.8) is 0 Å². The Labute approximate surface area is 107 Å². The number of fused-ring (bicyclic) bond motifs is 2. The van der Waals surface area contributed by atoms with Gasteiger partial charge in [0.1, 0.15) is 0 Å². The Balaban J connectivity index is 2.00. The van der Waals surface area contributed by atoms with Crippen molar-refractivity contribution in [2.45, 2.75) is 51.6 Å². The molecule has 2 bridgehead atoms. The average molecular weight is 254 g/mol. The van der Waals surface area contributed by atoms with Gasteiger partial charge in [-0.3, -0.25) is 4.79 Å². The predicted molar refractivity (Wildman–Crippen MR) is 67.2 cm³/mol. The normalized spacial score (nSPS) is 34.4. The van der Waals surface area contributed by atoms with E-state index in [0.717, 1.165) is 19.3 Å². The number of carboxylic acids is 1. The highest BCUT2D eigenvalue weighted by Crippen LogP contribution is 2.48. The monoisotopic (exact) mass is 254 g/mol. The molecule has 4 unspecified atom stereocenters. The van der Waals surface area contributed by atoms with Crippen molar-refractivity contribution in [3.05, 3.63) is 0 Å². The molecule has 2 rings (SSSR count). The molecule has 5 nitrogen and oxygen atoms in total. The van der Waals surface area contributed by atoms with Gasteiger partial charge in [-0.25, -0.2) is 4.79 Å². The number of hydrogen-bond acceptors (Lipinski definition) is 2. The van der Waals surface area contributed by atoms with Crippen LogP contribution in [0.1, 0.15) is 40.0 Å². The molecule has 0 aromatic heterocycles. The molecule has 2 amide bonds. The Hall–Kier alpha value is -1.26. The summed E-state index contributed by atoms with van der Waals surface area (Å²) in [5.74, 6) is -0.605. The van der Waals surface area contributed by atoms with Crippen molar-refractivity contribution in [2.75, 3.05) is 0 Å². The van der Waals surface area contributed by atoms with Crippen molar-refractivity contribution in [1.29, 1.82) is 0 Å². The van der Waals surface area contributed by atoms with Crippen LogP contribution in [0, 0.1) is 17.8 Å². The lowest BCUT2D eigenvalue weighted by molar-refractivity contribution is -0.144. The van der Waals surface area contributed by atoms with Crippen LogP contribution in [-0.2, 0) is 4.79 Å². The molecule has 3 N–H and O–H groups in total. The van der Waals surface area contributed by atoms with Crippen LogP contribution in [0.4, 0.5) is 4.79 Å². The molecule has 2 aliphatic carbocycles. The second-order valence-electron chi connectivity index (χ2n) is 6.57. The summed E-state index contributed by atoms with van der Waals surface area (Å²) in [5, 5.41) is 15.0. The molecule has 0 aliphatic heterocycles. The van der Waals surface area contributed by atoms with Crippen molar-refractivity contribution in [1.82, 2.24) is 10.6 Å². The van der Waals surface area contributed by atoms with E-state index >= 15 is 0 Å². The van der Waals surface area contributed by atoms with Crippen molar-refractivity contribution in [2.24, 2.45) is 17.8 Å². The van der Waals surface area contributed by atoms with Crippen molar-refractivity contribution >= 4 is 12.0 Å². The number of amides is 2. The second-order valence-corrected chi connectivity index (χ2v) is 6.57. The summed E-state index contributed by atoms with van der Waals surface area (Å²) in [5.41, 5.74) is -0.305. The van der Waals surface area contributed by atoms with Gasteiger partial charge >= 0.3 is 12.0 Å². The number of rotatable bonds is 2. The van der Waals surface area contributed by atoms with E-state index in [0.29, 0.717) is 5.92 Å². The Kier molecular flexibility index (Phi) is 3.25. The molecule has 4 atom stereocenters. The number of carbonyl (C=O) groups is 2. The summed E-state index contributed by atoms with van der Waals surface area (Å²) in [4.78, 5) is 23.1. The fraction of sp³-hybridized carbons (Fsp3) is 0.846. The molecule has 18 heavy (non-hydrogen) atoms. The van der Waals surface area contributed by atoms with Gasteiger partial charge in [0.15, 0.2) is 0 Å². The Morgan fingerprint density at radius 1 is 1.17 bits per heavy atom. The van der Waals surface area contributed by atoms with E-state index in [1.165, 1.54) is 0 Å². The van der Waals surface area contributed by atoms with Gasteiger partial charge in [0.25, 0.3) is 0 Å². The molecule has 0 heterocycles. The van der Waals surface area contributed by atoms with E-state index < -0.39 is 11.9 Å². The van der Waals surface area contributed by atoms with Crippen LogP contribution in [0.5, 0.6) is 0 Å². The quantitative estimate of drug-likeness (QED) is 0.700. The number of carbonyl (C=O) groups excluding carboxylic acids is 1. The molecule has 2 saturated carbocycles. The first-order chi connectivity index (χ1) is 8.28. The van der Waals surface area contributed by atoms with E-state index in [9.17, 15) is 14.7 Å². The van der Waals surface area contributed by atoms with E-state index in [-0.39, 0.29) is 23.5 Å². The van der Waals surface area contributed by atoms with Crippen LogP contribution in [0.25, 0.3) is 0 Å². The van der Waals surface area contributed by atoms with Gasteiger partial charge in [-0.1, -0.05) is 0 Å². The molecule has 0 radical (unpaired) electrons. The lowest BCUT2D eigenvalue weighted by atomic mass is 9.84. The third kappa shape index (κ3) is 2.60. The van der Waals surface area contributed by atoms with Crippen LogP contribution in [-0.4, -0.2) is 28.7 Å². The van der Waals surface area contributed by atoms with E-state index in [4.69, 9.17) is 0 Å². The van der Waals surface area contributed by atoms with Crippen molar-refractivity contribution < 1.29 is 14.7 Å². The van der Waals surface area contributed by atoms with Crippen LogP contribution in [0.3, 0.4) is 0 Å². The van der Waals surface area contributed by atoms with Crippen LogP contribution >= 0.6 is 0 Å².